The Balaban J connectivity index is 1.66. The van der Waals surface area contributed by atoms with Gasteiger partial charge in [0.05, 0.1) is 16.2 Å². The molecule has 0 radical (unpaired) electrons. The van der Waals surface area contributed by atoms with Gasteiger partial charge in [-0.25, -0.2) is 27.9 Å². The Bertz CT molecular complexity index is 1430. The monoisotopic (exact) mass is 563 g/mol. The summed E-state index contributed by atoms with van der Waals surface area (Å²) < 4.78 is 80.1. The smallest absolute Gasteiger partial charge is 0.356 e. The van der Waals surface area contributed by atoms with Gasteiger partial charge in [0.25, 0.3) is 0 Å². The van der Waals surface area contributed by atoms with Crippen LogP contribution in [0.2, 0.25) is 0 Å². The van der Waals surface area contributed by atoms with Gasteiger partial charge < -0.3 is 9.80 Å². The van der Waals surface area contributed by atoms with Crippen LogP contribution >= 0.6 is 0 Å². The van der Waals surface area contributed by atoms with Gasteiger partial charge in [0.2, 0.25) is 15.8 Å². The molecule has 0 spiro atoms. The highest BCUT2D eigenvalue weighted by molar-refractivity contribution is 7.89. The minimum absolute atomic E-state index is 0.0558. The van der Waals surface area contributed by atoms with E-state index in [-0.39, 0.29) is 27.5 Å². The molecule has 2 fully saturated rings. The van der Waals surface area contributed by atoms with Crippen LogP contribution in [-0.2, 0) is 16.2 Å². The third kappa shape index (κ3) is 6.07. The first kappa shape index (κ1) is 27.5. The van der Waals surface area contributed by atoms with Crippen LogP contribution in [0.5, 0.6) is 0 Å². The van der Waals surface area contributed by atoms with Crippen LogP contribution in [0.1, 0.15) is 37.9 Å². The molecular formula is C27H29F4N5O2S. The topological polar surface area (TPSA) is 92.4 Å². The number of anilines is 1. The zero-order valence-corrected chi connectivity index (χ0v) is 22.0. The summed E-state index contributed by atoms with van der Waals surface area (Å²) in [4.78, 5) is 12.0. The molecule has 208 valence electrons. The fraction of sp³-hybridized carbons (Fsp3) is 0.407. The summed E-state index contributed by atoms with van der Waals surface area (Å²) in [5, 5.41) is 5.35. The van der Waals surface area contributed by atoms with Gasteiger partial charge in [0, 0.05) is 24.7 Å². The van der Waals surface area contributed by atoms with Crippen molar-refractivity contribution in [1.29, 1.82) is 0 Å². The van der Waals surface area contributed by atoms with Crippen LogP contribution in [0.3, 0.4) is 0 Å². The van der Waals surface area contributed by atoms with Crippen LogP contribution in [0, 0.1) is 5.82 Å². The molecule has 2 saturated heterocycles. The molecule has 7 nitrogen and oxygen atoms in total. The summed E-state index contributed by atoms with van der Waals surface area (Å²) in [6.45, 7) is 2.99. The Morgan fingerprint density at radius 2 is 1.54 bits per heavy atom. The predicted molar refractivity (Wildman–Crippen MR) is 140 cm³/mol. The van der Waals surface area contributed by atoms with E-state index in [1.165, 1.54) is 36.8 Å². The van der Waals surface area contributed by atoms with Gasteiger partial charge in [0.1, 0.15) is 11.6 Å². The number of primary sulfonamides is 1. The largest absolute Gasteiger partial charge is 0.451 e. The molecule has 1 aromatic heterocycles. The fourth-order valence-electron chi connectivity index (χ4n) is 5.44. The number of halogens is 4. The number of hydrogen-bond acceptors (Lipinski definition) is 6. The van der Waals surface area contributed by atoms with Crippen molar-refractivity contribution in [3.8, 4) is 22.4 Å². The van der Waals surface area contributed by atoms with E-state index in [9.17, 15) is 26.0 Å². The highest BCUT2D eigenvalue weighted by Crippen LogP contribution is 2.41. The second-order valence-corrected chi connectivity index (χ2v) is 11.5. The van der Waals surface area contributed by atoms with Crippen LogP contribution < -0.4 is 10.0 Å². The first-order valence-corrected chi connectivity index (χ1v) is 14.4. The maximum absolute atomic E-state index is 14.0. The molecule has 2 N–H and O–H groups in total. The SMILES string of the molecule is NS(=O)(=O)c1cccc(-c2c(-c3ccc(F)cc3)nc(C(F)(F)F)nc2N2CCC(N3CCCCC3)CC2)c1. The number of hydrogen-bond donors (Lipinski definition) is 1. The summed E-state index contributed by atoms with van der Waals surface area (Å²) in [7, 11) is -4.09. The molecule has 2 aromatic carbocycles. The molecule has 2 aliphatic heterocycles. The molecule has 0 saturated carbocycles. The first-order chi connectivity index (χ1) is 18.5. The van der Waals surface area contributed by atoms with Gasteiger partial charge in [0.15, 0.2) is 0 Å². The quantitative estimate of drug-likeness (QED) is 0.436. The Labute approximate surface area is 224 Å². The van der Waals surface area contributed by atoms with Gasteiger partial charge in [-0.3, -0.25) is 0 Å². The molecule has 39 heavy (non-hydrogen) atoms. The van der Waals surface area contributed by atoms with E-state index in [1.54, 1.807) is 6.07 Å². The summed E-state index contributed by atoms with van der Waals surface area (Å²) in [5.74, 6) is -1.82. The Kier molecular flexibility index (Phi) is 7.62. The zero-order chi connectivity index (χ0) is 27.8. The average molecular weight is 564 g/mol. The molecular weight excluding hydrogens is 534 g/mol. The number of piperidine rings is 2. The molecule has 0 unspecified atom stereocenters. The average Bonchev–Trinajstić information content (AvgIpc) is 2.92. The number of nitrogens with zero attached hydrogens (tertiary/aromatic N) is 4. The molecule has 0 bridgehead atoms. The van der Waals surface area contributed by atoms with E-state index in [1.807, 2.05) is 4.90 Å². The van der Waals surface area contributed by atoms with Gasteiger partial charge in [-0.15, -0.1) is 0 Å². The number of sulfonamides is 1. The normalized spacial score (nSPS) is 17.9. The van der Waals surface area contributed by atoms with Crippen molar-refractivity contribution in [2.24, 2.45) is 5.14 Å². The van der Waals surface area contributed by atoms with E-state index in [2.05, 4.69) is 14.9 Å². The number of benzene rings is 2. The van der Waals surface area contributed by atoms with Crippen molar-refractivity contribution < 1.29 is 26.0 Å². The van der Waals surface area contributed by atoms with Crippen LogP contribution in [0.4, 0.5) is 23.4 Å². The fourth-order valence-corrected chi connectivity index (χ4v) is 6.00. The number of alkyl halides is 3. The second kappa shape index (κ2) is 10.8. The summed E-state index contributed by atoms with van der Waals surface area (Å²) >= 11 is 0. The molecule has 2 aliphatic rings. The minimum atomic E-state index is -4.84. The number of likely N-dealkylation sites (tertiary alicyclic amines) is 1. The number of aromatic nitrogens is 2. The van der Waals surface area contributed by atoms with E-state index in [0.29, 0.717) is 24.7 Å². The zero-order valence-electron chi connectivity index (χ0n) is 21.2. The maximum Gasteiger partial charge on any atom is 0.451 e. The van der Waals surface area contributed by atoms with Crippen molar-refractivity contribution in [1.82, 2.24) is 14.9 Å². The molecule has 12 heteroatoms. The van der Waals surface area contributed by atoms with Gasteiger partial charge in [-0.05, 0) is 80.7 Å². The van der Waals surface area contributed by atoms with E-state index >= 15 is 0 Å². The van der Waals surface area contributed by atoms with E-state index < -0.39 is 27.8 Å². The molecule has 0 aliphatic carbocycles. The van der Waals surface area contributed by atoms with Gasteiger partial charge in [-0.2, -0.15) is 13.2 Å². The van der Waals surface area contributed by atoms with Crippen molar-refractivity contribution in [2.75, 3.05) is 31.1 Å². The van der Waals surface area contributed by atoms with Crippen molar-refractivity contribution in [2.45, 2.75) is 49.2 Å². The van der Waals surface area contributed by atoms with E-state index in [4.69, 9.17) is 5.14 Å². The molecule has 0 amide bonds. The minimum Gasteiger partial charge on any atom is -0.356 e. The summed E-state index contributed by atoms with van der Waals surface area (Å²) in [6.07, 6.45) is 0.182. The lowest BCUT2D eigenvalue weighted by Gasteiger charge is -2.41. The highest BCUT2D eigenvalue weighted by atomic mass is 32.2. The van der Waals surface area contributed by atoms with Crippen molar-refractivity contribution in [3.05, 3.63) is 60.2 Å². The lowest BCUT2D eigenvalue weighted by molar-refractivity contribution is -0.144. The van der Waals surface area contributed by atoms with Crippen LogP contribution in [0.25, 0.3) is 22.4 Å². The molecule has 0 atom stereocenters. The van der Waals surface area contributed by atoms with Gasteiger partial charge >= 0.3 is 6.18 Å². The van der Waals surface area contributed by atoms with Crippen molar-refractivity contribution >= 4 is 15.8 Å². The second-order valence-electron chi connectivity index (χ2n) is 9.99. The van der Waals surface area contributed by atoms with Gasteiger partial charge in [-0.1, -0.05) is 18.6 Å². The van der Waals surface area contributed by atoms with Crippen LogP contribution in [0.15, 0.2) is 53.4 Å². The predicted octanol–water partition coefficient (Wildman–Crippen LogP) is 5.07. The summed E-state index contributed by atoms with van der Waals surface area (Å²) in [6, 6.07) is 11.0. The maximum atomic E-state index is 14.0. The number of nitrogens with two attached hydrogens (primary N) is 1. The number of rotatable bonds is 5. The Morgan fingerprint density at radius 3 is 2.15 bits per heavy atom. The van der Waals surface area contributed by atoms with Crippen molar-refractivity contribution in [3.63, 3.8) is 0 Å². The lowest BCUT2D eigenvalue weighted by Crippen LogP contribution is -2.47. The lowest BCUT2D eigenvalue weighted by atomic mass is 9.96. The Morgan fingerprint density at radius 1 is 0.872 bits per heavy atom. The molecule has 3 aromatic rings. The third-order valence-electron chi connectivity index (χ3n) is 7.38. The molecule has 5 rings (SSSR count). The summed E-state index contributed by atoms with van der Waals surface area (Å²) in [5.41, 5.74) is 0.695. The van der Waals surface area contributed by atoms with E-state index in [0.717, 1.165) is 50.9 Å². The molecule has 3 heterocycles. The van der Waals surface area contributed by atoms with Crippen LogP contribution in [-0.4, -0.2) is 55.5 Å². The highest BCUT2D eigenvalue weighted by Gasteiger charge is 2.38. The standard InChI is InChI=1S/C27H29F4N5O2S/c28-20-9-7-18(8-10-20)24-23(19-5-4-6-22(17-19)39(32,37)38)25(34-26(33-24)27(29,30)31)36-15-11-21(12-16-36)35-13-2-1-3-14-35/h4-10,17,21H,1-3,11-16H2,(H2,32,37,38). The first-order valence-electron chi connectivity index (χ1n) is 12.9. The third-order valence-corrected chi connectivity index (χ3v) is 8.29. The Hall–Kier alpha value is -3.09.